The number of thiophene rings is 1. The van der Waals surface area contributed by atoms with Gasteiger partial charge in [0.05, 0.1) is 17.7 Å². The van der Waals surface area contributed by atoms with E-state index < -0.39 is 0 Å². The van der Waals surface area contributed by atoms with E-state index in [4.69, 9.17) is 4.74 Å². The number of carbonyl (C=O) groups excluding carboxylic acids is 1. The maximum atomic E-state index is 11.8. The first-order valence-corrected chi connectivity index (χ1v) is 8.97. The Bertz CT molecular complexity index is 505. The highest BCUT2D eigenvalue weighted by Crippen LogP contribution is 2.36. The lowest BCUT2D eigenvalue weighted by Crippen LogP contribution is -2.42. The first-order valence-electron chi connectivity index (χ1n) is 8.09. The van der Waals surface area contributed by atoms with E-state index in [-0.39, 0.29) is 5.97 Å². The van der Waals surface area contributed by atoms with Gasteiger partial charge in [0, 0.05) is 24.0 Å². The maximum Gasteiger partial charge on any atom is 0.339 e. The molecule has 0 amide bonds. The Balaban J connectivity index is 2.13. The average molecular weight is 324 g/mol. The third-order valence-electron chi connectivity index (χ3n) is 4.86. The fourth-order valence-corrected chi connectivity index (χ4v) is 4.66. The minimum atomic E-state index is -0.229. The molecule has 124 valence electrons. The molecule has 0 spiro atoms. The zero-order valence-electron chi connectivity index (χ0n) is 14.4. The largest absolute Gasteiger partial charge is 0.465 e. The second-order valence-corrected chi connectivity index (χ2v) is 7.14. The van der Waals surface area contributed by atoms with Crippen molar-refractivity contribution in [2.75, 3.05) is 32.6 Å². The van der Waals surface area contributed by atoms with Gasteiger partial charge in [-0.3, -0.25) is 0 Å². The number of hydrogen-bond donors (Lipinski definition) is 0. The van der Waals surface area contributed by atoms with E-state index in [1.54, 1.807) is 11.3 Å². The molecule has 0 saturated heterocycles. The van der Waals surface area contributed by atoms with Crippen molar-refractivity contribution in [3.05, 3.63) is 16.5 Å². The summed E-state index contributed by atoms with van der Waals surface area (Å²) in [4.78, 5) is 16.6. The highest BCUT2D eigenvalue weighted by Gasteiger charge is 2.28. The lowest BCUT2D eigenvalue weighted by molar-refractivity contribution is 0.0600. The van der Waals surface area contributed by atoms with Crippen LogP contribution in [0.3, 0.4) is 0 Å². The number of rotatable bonds is 5. The Hall–Kier alpha value is -1.07. The second kappa shape index (κ2) is 7.47. The van der Waals surface area contributed by atoms with Gasteiger partial charge in [-0.1, -0.05) is 0 Å². The number of ether oxygens (including phenoxy) is 1. The smallest absolute Gasteiger partial charge is 0.339 e. The standard InChI is InChI=1S/C17H28N2O2S/c1-6-19(14-9-7-13(8-10-14)18(3)4)16-12(2)15(11-22-16)17(20)21-5/h11,13-14H,6-10H2,1-5H3/t13-,14+. The number of carbonyl (C=O) groups is 1. The van der Waals surface area contributed by atoms with E-state index in [1.807, 2.05) is 12.3 Å². The molecule has 22 heavy (non-hydrogen) atoms. The Labute approximate surface area is 138 Å². The van der Waals surface area contributed by atoms with Gasteiger partial charge in [-0.05, 0) is 59.2 Å². The third kappa shape index (κ3) is 3.46. The third-order valence-corrected chi connectivity index (χ3v) is 5.97. The minimum absolute atomic E-state index is 0.229. The van der Waals surface area contributed by atoms with Gasteiger partial charge < -0.3 is 14.5 Å². The number of esters is 1. The molecule has 1 aliphatic carbocycles. The van der Waals surface area contributed by atoms with Gasteiger partial charge in [0.25, 0.3) is 0 Å². The van der Waals surface area contributed by atoms with E-state index in [1.165, 1.54) is 37.8 Å². The monoisotopic (exact) mass is 324 g/mol. The van der Waals surface area contributed by atoms with Crippen molar-refractivity contribution >= 4 is 22.3 Å². The van der Waals surface area contributed by atoms with Gasteiger partial charge in [-0.2, -0.15) is 0 Å². The number of methoxy groups -OCH3 is 1. The fourth-order valence-electron chi connectivity index (χ4n) is 3.45. The van der Waals surface area contributed by atoms with E-state index in [9.17, 15) is 4.79 Å². The van der Waals surface area contributed by atoms with Crippen molar-refractivity contribution in [1.82, 2.24) is 4.90 Å². The van der Waals surface area contributed by atoms with Crippen molar-refractivity contribution in [1.29, 1.82) is 0 Å². The van der Waals surface area contributed by atoms with Crippen LogP contribution in [0.25, 0.3) is 0 Å². The van der Waals surface area contributed by atoms with Crippen molar-refractivity contribution < 1.29 is 9.53 Å². The number of anilines is 1. The Morgan fingerprint density at radius 1 is 1.27 bits per heavy atom. The van der Waals surface area contributed by atoms with Crippen LogP contribution in [-0.2, 0) is 4.74 Å². The molecule has 0 radical (unpaired) electrons. The van der Waals surface area contributed by atoms with Crippen LogP contribution < -0.4 is 4.90 Å². The molecule has 0 bridgehead atoms. The molecule has 1 fully saturated rings. The molecule has 0 aromatic carbocycles. The molecule has 0 atom stereocenters. The van der Waals surface area contributed by atoms with Crippen LogP contribution in [0.2, 0.25) is 0 Å². The molecular weight excluding hydrogens is 296 g/mol. The highest BCUT2D eigenvalue weighted by molar-refractivity contribution is 7.14. The quantitative estimate of drug-likeness (QED) is 0.776. The average Bonchev–Trinajstić information content (AvgIpc) is 2.90. The molecule has 1 saturated carbocycles. The van der Waals surface area contributed by atoms with E-state index in [2.05, 4.69) is 30.8 Å². The first-order chi connectivity index (χ1) is 10.5. The molecule has 5 heteroatoms. The van der Waals surface area contributed by atoms with Crippen LogP contribution in [0.15, 0.2) is 5.38 Å². The number of nitrogens with zero attached hydrogens (tertiary/aromatic N) is 2. The summed E-state index contributed by atoms with van der Waals surface area (Å²) in [6, 6.07) is 1.30. The molecule has 2 rings (SSSR count). The van der Waals surface area contributed by atoms with Gasteiger partial charge in [0.2, 0.25) is 0 Å². The van der Waals surface area contributed by atoms with E-state index in [0.29, 0.717) is 17.6 Å². The summed E-state index contributed by atoms with van der Waals surface area (Å²) >= 11 is 1.67. The van der Waals surface area contributed by atoms with Gasteiger partial charge >= 0.3 is 5.97 Å². The number of hydrogen-bond acceptors (Lipinski definition) is 5. The molecule has 4 nitrogen and oxygen atoms in total. The second-order valence-electron chi connectivity index (χ2n) is 6.28. The summed E-state index contributed by atoms with van der Waals surface area (Å²) in [5, 5.41) is 3.17. The van der Waals surface area contributed by atoms with Crippen LogP contribution in [0.4, 0.5) is 5.00 Å². The zero-order chi connectivity index (χ0) is 16.3. The van der Waals surface area contributed by atoms with Gasteiger partial charge in [0.1, 0.15) is 0 Å². The molecule has 0 unspecified atom stereocenters. The lowest BCUT2D eigenvalue weighted by Gasteiger charge is -2.39. The summed E-state index contributed by atoms with van der Waals surface area (Å²) in [6.45, 7) is 5.22. The van der Waals surface area contributed by atoms with Crippen LogP contribution in [0.5, 0.6) is 0 Å². The van der Waals surface area contributed by atoms with Crippen LogP contribution in [0.1, 0.15) is 48.5 Å². The predicted octanol–water partition coefficient (Wildman–Crippen LogP) is 3.54. The summed E-state index contributed by atoms with van der Waals surface area (Å²) < 4.78 is 4.87. The molecule has 1 aromatic rings. The van der Waals surface area contributed by atoms with Crippen LogP contribution >= 0.6 is 11.3 Å². The maximum absolute atomic E-state index is 11.8. The summed E-state index contributed by atoms with van der Waals surface area (Å²) in [5.74, 6) is -0.229. The van der Waals surface area contributed by atoms with Gasteiger partial charge in [-0.15, -0.1) is 11.3 Å². The summed E-state index contributed by atoms with van der Waals surface area (Å²) in [7, 11) is 5.79. The highest BCUT2D eigenvalue weighted by atomic mass is 32.1. The van der Waals surface area contributed by atoms with Gasteiger partial charge in [-0.25, -0.2) is 4.79 Å². The lowest BCUT2D eigenvalue weighted by atomic mass is 9.89. The van der Waals surface area contributed by atoms with E-state index >= 15 is 0 Å². The van der Waals surface area contributed by atoms with Crippen molar-refractivity contribution in [3.8, 4) is 0 Å². The molecule has 1 aliphatic rings. The fraction of sp³-hybridized carbons (Fsp3) is 0.706. The Morgan fingerprint density at radius 3 is 2.36 bits per heavy atom. The molecule has 1 heterocycles. The van der Waals surface area contributed by atoms with Crippen molar-refractivity contribution in [3.63, 3.8) is 0 Å². The molecule has 0 N–H and O–H groups in total. The molecule has 0 aliphatic heterocycles. The zero-order valence-corrected chi connectivity index (χ0v) is 15.2. The normalized spacial score (nSPS) is 21.9. The van der Waals surface area contributed by atoms with Crippen molar-refractivity contribution in [2.24, 2.45) is 0 Å². The van der Waals surface area contributed by atoms with Gasteiger partial charge in [0.15, 0.2) is 0 Å². The summed E-state index contributed by atoms with van der Waals surface area (Å²) in [5.41, 5.74) is 1.77. The summed E-state index contributed by atoms with van der Waals surface area (Å²) in [6.07, 6.45) is 4.95. The van der Waals surface area contributed by atoms with Crippen molar-refractivity contribution in [2.45, 2.75) is 51.6 Å². The molecule has 1 aromatic heterocycles. The Kier molecular flexibility index (Phi) is 5.87. The SMILES string of the molecule is CCN(c1scc(C(=O)OC)c1C)[C@H]1CC[C@@H](N(C)C)CC1. The first kappa shape index (κ1) is 17.3. The van der Waals surface area contributed by atoms with Crippen LogP contribution in [0, 0.1) is 6.92 Å². The topological polar surface area (TPSA) is 32.8 Å². The van der Waals surface area contributed by atoms with Crippen LogP contribution in [-0.4, -0.2) is 50.7 Å². The Morgan fingerprint density at radius 2 is 1.86 bits per heavy atom. The van der Waals surface area contributed by atoms with E-state index in [0.717, 1.165) is 12.1 Å². The minimum Gasteiger partial charge on any atom is -0.465 e. The molecular formula is C17H28N2O2S. The predicted molar refractivity (Wildman–Crippen MR) is 93.1 cm³/mol.